The van der Waals surface area contributed by atoms with E-state index < -0.39 is 23.2 Å². The van der Waals surface area contributed by atoms with E-state index in [0.29, 0.717) is 0 Å². The summed E-state index contributed by atoms with van der Waals surface area (Å²) in [7, 11) is 0. The van der Waals surface area contributed by atoms with Gasteiger partial charge < -0.3 is 15.2 Å². The standard InChI is InChI=1S/C9H16INO4/c1-8(2,3)15-7(14)11-9(4,5-10)6(12)13/h5H2,1-4H3,(H,11,14)(H,12,13)/t9-/m1/s1. The number of carbonyl (C=O) groups excluding carboxylic acids is 1. The highest BCUT2D eigenvalue weighted by molar-refractivity contribution is 14.1. The molecule has 0 spiro atoms. The van der Waals surface area contributed by atoms with Gasteiger partial charge in [-0.25, -0.2) is 9.59 Å². The zero-order chi connectivity index (χ0) is 12.3. The van der Waals surface area contributed by atoms with Crippen molar-refractivity contribution in [3.8, 4) is 0 Å². The molecule has 6 heteroatoms. The molecular formula is C9H16INO4. The molecule has 1 atom stereocenters. The lowest BCUT2D eigenvalue weighted by Gasteiger charge is -2.26. The van der Waals surface area contributed by atoms with E-state index in [1.54, 1.807) is 20.8 Å². The maximum Gasteiger partial charge on any atom is 0.408 e. The average molecular weight is 329 g/mol. The molecule has 0 fully saturated rings. The van der Waals surface area contributed by atoms with Gasteiger partial charge in [0, 0.05) is 4.43 Å². The van der Waals surface area contributed by atoms with Crippen LogP contribution in [0.4, 0.5) is 4.79 Å². The number of amides is 1. The molecule has 0 aliphatic rings. The van der Waals surface area contributed by atoms with Crippen molar-refractivity contribution >= 4 is 34.7 Å². The summed E-state index contributed by atoms with van der Waals surface area (Å²) in [5.74, 6) is -1.08. The van der Waals surface area contributed by atoms with Gasteiger partial charge in [0.15, 0.2) is 0 Å². The van der Waals surface area contributed by atoms with E-state index in [1.807, 2.05) is 22.6 Å². The van der Waals surface area contributed by atoms with Crippen molar-refractivity contribution in [1.29, 1.82) is 0 Å². The minimum atomic E-state index is -1.29. The van der Waals surface area contributed by atoms with Crippen LogP contribution in [0.1, 0.15) is 27.7 Å². The highest BCUT2D eigenvalue weighted by Gasteiger charge is 2.35. The maximum absolute atomic E-state index is 11.3. The molecule has 0 unspecified atom stereocenters. The first kappa shape index (κ1) is 14.5. The van der Waals surface area contributed by atoms with Gasteiger partial charge in [0.25, 0.3) is 0 Å². The van der Waals surface area contributed by atoms with Gasteiger partial charge in [-0.3, -0.25) is 0 Å². The molecule has 88 valence electrons. The van der Waals surface area contributed by atoms with Crippen LogP contribution in [-0.2, 0) is 9.53 Å². The number of ether oxygens (including phenoxy) is 1. The van der Waals surface area contributed by atoms with Gasteiger partial charge in [0.1, 0.15) is 11.1 Å². The Hall–Kier alpha value is -0.530. The molecule has 15 heavy (non-hydrogen) atoms. The summed E-state index contributed by atoms with van der Waals surface area (Å²) in [6.07, 6.45) is -0.718. The van der Waals surface area contributed by atoms with Crippen LogP contribution < -0.4 is 5.32 Å². The van der Waals surface area contributed by atoms with Crippen LogP contribution in [0.25, 0.3) is 0 Å². The molecule has 0 aromatic carbocycles. The van der Waals surface area contributed by atoms with Crippen molar-refractivity contribution in [2.75, 3.05) is 4.43 Å². The van der Waals surface area contributed by atoms with Gasteiger partial charge in [-0.1, -0.05) is 22.6 Å². The number of carbonyl (C=O) groups is 2. The van der Waals surface area contributed by atoms with E-state index in [-0.39, 0.29) is 4.43 Å². The summed E-state index contributed by atoms with van der Waals surface area (Å²) in [5, 5.41) is 11.2. The molecule has 0 aliphatic carbocycles. The Morgan fingerprint density at radius 2 is 1.80 bits per heavy atom. The van der Waals surface area contributed by atoms with Crippen LogP contribution >= 0.6 is 22.6 Å². The van der Waals surface area contributed by atoms with Crippen LogP contribution in [0.5, 0.6) is 0 Å². The highest BCUT2D eigenvalue weighted by Crippen LogP contribution is 2.12. The van der Waals surface area contributed by atoms with Crippen LogP contribution in [0, 0.1) is 0 Å². The van der Waals surface area contributed by atoms with Gasteiger partial charge in [-0.15, -0.1) is 0 Å². The number of nitrogens with one attached hydrogen (secondary N) is 1. The lowest BCUT2D eigenvalue weighted by Crippen LogP contribution is -2.54. The number of hydrogen-bond donors (Lipinski definition) is 2. The van der Waals surface area contributed by atoms with E-state index >= 15 is 0 Å². The Morgan fingerprint density at radius 3 is 2.07 bits per heavy atom. The molecular weight excluding hydrogens is 313 g/mol. The van der Waals surface area contributed by atoms with Crippen LogP contribution in [0.2, 0.25) is 0 Å². The Kier molecular flexibility index (Phi) is 4.82. The number of alkyl halides is 1. The molecule has 0 saturated heterocycles. The molecule has 0 aromatic heterocycles. The van der Waals surface area contributed by atoms with Crippen LogP contribution in [-0.4, -0.2) is 32.7 Å². The average Bonchev–Trinajstić information content (AvgIpc) is 1.99. The number of alkyl carbamates (subject to hydrolysis) is 1. The predicted molar refractivity (Wildman–Crippen MR) is 64.3 cm³/mol. The molecule has 0 bridgehead atoms. The summed E-state index contributed by atoms with van der Waals surface area (Å²) < 4.78 is 5.23. The fourth-order valence-corrected chi connectivity index (χ4v) is 1.19. The Morgan fingerprint density at radius 1 is 1.33 bits per heavy atom. The normalized spacial score (nSPS) is 15.3. The Balaban J connectivity index is 4.45. The molecule has 1 amide bonds. The third kappa shape index (κ3) is 5.19. The molecule has 0 heterocycles. The van der Waals surface area contributed by atoms with Gasteiger partial charge in [0.05, 0.1) is 0 Å². The fraction of sp³-hybridized carbons (Fsp3) is 0.778. The van der Waals surface area contributed by atoms with Crippen LogP contribution in [0.15, 0.2) is 0 Å². The van der Waals surface area contributed by atoms with E-state index in [1.165, 1.54) is 6.92 Å². The van der Waals surface area contributed by atoms with Crippen molar-refractivity contribution in [1.82, 2.24) is 5.32 Å². The van der Waals surface area contributed by atoms with Gasteiger partial charge in [0.2, 0.25) is 0 Å². The topological polar surface area (TPSA) is 75.6 Å². The summed E-state index contributed by atoms with van der Waals surface area (Å²) in [4.78, 5) is 22.2. The number of halogens is 1. The second-order valence-corrected chi connectivity index (χ2v) is 5.16. The minimum Gasteiger partial charge on any atom is -0.479 e. The summed E-state index contributed by atoms with van der Waals surface area (Å²) in [6.45, 7) is 6.59. The number of aliphatic carboxylic acids is 1. The minimum absolute atomic E-state index is 0.263. The second kappa shape index (κ2) is 5.00. The number of rotatable bonds is 3. The van der Waals surface area contributed by atoms with Crippen molar-refractivity contribution in [2.45, 2.75) is 38.8 Å². The quantitative estimate of drug-likeness (QED) is 0.611. The molecule has 2 N–H and O–H groups in total. The maximum atomic E-state index is 11.3. The summed E-state index contributed by atoms with van der Waals surface area (Å²) >= 11 is 1.90. The third-order valence-electron chi connectivity index (χ3n) is 1.52. The van der Waals surface area contributed by atoms with E-state index in [9.17, 15) is 9.59 Å². The van der Waals surface area contributed by atoms with Gasteiger partial charge in [-0.2, -0.15) is 0 Å². The zero-order valence-corrected chi connectivity index (χ0v) is 11.4. The lowest BCUT2D eigenvalue weighted by atomic mass is 10.1. The smallest absolute Gasteiger partial charge is 0.408 e. The van der Waals surface area contributed by atoms with E-state index in [4.69, 9.17) is 9.84 Å². The van der Waals surface area contributed by atoms with E-state index in [2.05, 4.69) is 5.32 Å². The van der Waals surface area contributed by atoms with E-state index in [0.717, 1.165) is 0 Å². The number of carboxylic acid groups (broad SMARTS) is 1. The molecule has 0 rings (SSSR count). The largest absolute Gasteiger partial charge is 0.479 e. The second-order valence-electron chi connectivity index (χ2n) is 4.40. The summed E-state index contributed by atoms with van der Waals surface area (Å²) in [5.41, 5.74) is -1.92. The first-order chi connectivity index (χ1) is 6.60. The zero-order valence-electron chi connectivity index (χ0n) is 9.26. The molecule has 0 aromatic rings. The third-order valence-corrected chi connectivity index (χ3v) is 3.04. The van der Waals surface area contributed by atoms with Gasteiger partial charge in [-0.05, 0) is 27.7 Å². The molecule has 0 radical (unpaired) electrons. The summed E-state index contributed by atoms with van der Waals surface area (Å²) in [6, 6.07) is 0. The lowest BCUT2D eigenvalue weighted by molar-refractivity contribution is -0.143. The monoisotopic (exact) mass is 329 g/mol. The molecule has 0 saturated carbocycles. The number of carboxylic acids is 1. The molecule has 0 aliphatic heterocycles. The van der Waals surface area contributed by atoms with Crippen molar-refractivity contribution in [3.63, 3.8) is 0 Å². The van der Waals surface area contributed by atoms with Crippen molar-refractivity contribution < 1.29 is 19.4 Å². The number of hydrogen-bond acceptors (Lipinski definition) is 3. The Labute approximate surface area is 103 Å². The molecule has 5 nitrogen and oxygen atoms in total. The highest BCUT2D eigenvalue weighted by atomic mass is 127. The fourth-order valence-electron chi connectivity index (χ4n) is 0.673. The van der Waals surface area contributed by atoms with Crippen LogP contribution in [0.3, 0.4) is 0 Å². The SMILES string of the molecule is CC(C)(C)OC(=O)N[C@](C)(CI)C(=O)O. The first-order valence-electron chi connectivity index (χ1n) is 4.41. The van der Waals surface area contributed by atoms with Gasteiger partial charge >= 0.3 is 12.1 Å². The van der Waals surface area contributed by atoms with Crippen molar-refractivity contribution in [3.05, 3.63) is 0 Å². The first-order valence-corrected chi connectivity index (χ1v) is 5.94. The predicted octanol–water partition coefficient (Wildman–Crippen LogP) is 1.79. The Bertz CT molecular complexity index is 261. The van der Waals surface area contributed by atoms with Crippen molar-refractivity contribution in [2.24, 2.45) is 0 Å².